The summed E-state index contributed by atoms with van der Waals surface area (Å²) < 4.78 is 9.76. The van der Waals surface area contributed by atoms with Gasteiger partial charge in [0.1, 0.15) is 0 Å². The van der Waals surface area contributed by atoms with Crippen LogP contribution in [0.25, 0.3) is 0 Å². The molecule has 0 saturated carbocycles. The van der Waals surface area contributed by atoms with Crippen molar-refractivity contribution in [2.75, 3.05) is 11.9 Å². The van der Waals surface area contributed by atoms with E-state index in [0.29, 0.717) is 11.4 Å². The Morgan fingerprint density at radius 3 is 3.00 bits per heavy atom. The number of anilines is 1. The third-order valence-corrected chi connectivity index (χ3v) is 2.75. The Labute approximate surface area is 110 Å². The van der Waals surface area contributed by atoms with Crippen LogP contribution in [0.5, 0.6) is 5.75 Å². The third kappa shape index (κ3) is 2.68. The van der Waals surface area contributed by atoms with Crippen LogP contribution in [0.2, 0.25) is 0 Å². The Bertz CT molecular complexity index is 514. The van der Waals surface area contributed by atoms with E-state index >= 15 is 0 Å². The van der Waals surface area contributed by atoms with Crippen LogP contribution in [0.3, 0.4) is 0 Å². The number of fused-ring (bicyclic) bond motifs is 1. The molecule has 0 amide bonds. The van der Waals surface area contributed by atoms with Crippen molar-refractivity contribution in [2.45, 2.75) is 26.0 Å². The van der Waals surface area contributed by atoms with Crippen molar-refractivity contribution in [3.63, 3.8) is 0 Å². The molecule has 1 aliphatic rings. The monoisotopic (exact) mass is 265 g/mol. The number of aryl methyl sites for hydroxylation is 1. The van der Waals surface area contributed by atoms with Crippen molar-refractivity contribution in [3.8, 4) is 5.75 Å². The number of aliphatic hydroxyl groups is 1. The molecule has 2 atom stereocenters. The van der Waals surface area contributed by atoms with Crippen molar-refractivity contribution in [1.29, 1.82) is 0 Å². The maximum absolute atomic E-state index is 11.7. The SMILES string of the molecule is CCOC(=O)[C@H](O)[C@@H]1Nc2cc(C)ccc2OC1=O. The van der Waals surface area contributed by atoms with E-state index in [4.69, 9.17) is 4.74 Å². The zero-order valence-corrected chi connectivity index (χ0v) is 10.7. The molecule has 1 aromatic carbocycles. The van der Waals surface area contributed by atoms with Gasteiger partial charge in [0, 0.05) is 0 Å². The summed E-state index contributed by atoms with van der Waals surface area (Å²) in [5, 5.41) is 12.6. The first-order valence-electron chi connectivity index (χ1n) is 5.96. The second kappa shape index (κ2) is 5.27. The topological polar surface area (TPSA) is 84.9 Å². The molecule has 19 heavy (non-hydrogen) atoms. The van der Waals surface area contributed by atoms with Gasteiger partial charge in [-0.1, -0.05) is 6.07 Å². The van der Waals surface area contributed by atoms with E-state index in [1.165, 1.54) is 0 Å². The van der Waals surface area contributed by atoms with Gasteiger partial charge in [0.2, 0.25) is 0 Å². The molecule has 0 unspecified atom stereocenters. The van der Waals surface area contributed by atoms with Crippen LogP contribution >= 0.6 is 0 Å². The van der Waals surface area contributed by atoms with Crippen molar-refractivity contribution in [2.24, 2.45) is 0 Å². The number of rotatable bonds is 3. The minimum atomic E-state index is -1.60. The highest BCUT2D eigenvalue weighted by Gasteiger charge is 2.38. The predicted molar refractivity (Wildman–Crippen MR) is 66.9 cm³/mol. The average Bonchev–Trinajstić information content (AvgIpc) is 2.38. The van der Waals surface area contributed by atoms with Gasteiger partial charge in [-0.05, 0) is 31.5 Å². The van der Waals surface area contributed by atoms with E-state index in [0.717, 1.165) is 5.56 Å². The average molecular weight is 265 g/mol. The van der Waals surface area contributed by atoms with Crippen LogP contribution in [0.4, 0.5) is 5.69 Å². The summed E-state index contributed by atoms with van der Waals surface area (Å²) in [6, 6.07) is 4.07. The van der Waals surface area contributed by atoms with E-state index in [1.807, 2.05) is 6.92 Å². The summed E-state index contributed by atoms with van der Waals surface area (Å²) in [5.41, 5.74) is 1.53. The van der Waals surface area contributed by atoms with E-state index in [9.17, 15) is 14.7 Å². The van der Waals surface area contributed by atoms with Gasteiger partial charge in [-0.2, -0.15) is 0 Å². The summed E-state index contributed by atoms with van der Waals surface area (Å²) in [6.45, 7) is 3.64. The smallest absolute Gasteiger partial charge is 0.337 e. The number of carbonyl (C=O) groups is 2. The van der Waals surface area contributed by atoms with Crippen LogP contribution in [0, 0.1) is 6.92 Å². The van der Waals surface area contributed by atoms with Gasteiger partial charge in [-0.3, -0.25) is 0 Å². The van der Waals surface area contributed by atoms with Crippen molar-refractivity contribution < 1.29 is 24.2 Å². The second-order valence-electron chi connectivity index (χ2n) is 4.24. The number of benzene rings is 1. The Kier molecular flexibility index (Phi) is 3.71. The molecule has 0 saturated heterocycles. The van der Waals surface area contributed by atoms with Gasteiger partial charge in [0.15, 0.2) is 17.9 Å². The van der Waals surface area contributed by atoms with Gasteiger partial charge >= 0.3 is 11.9 Å². The molecule has 102 valence electrons. The molecular formula is C13H15NO5. The molecule has 2 rings (SSSR count). The molecule has 0 aromatic heterocycles. The number of hydrogen-bond donors (Lipinski definition) is 2. The minimum Gasteiger partial charge on any atom is -0.464 e. The molecule has 0 radical (unpaired) electrons. The lowest BCUT2D eigenvalue weighted by molar-refractivity contribution is -0.158. The highest BCUT2D eigenvalue weighted by Crippen LogP contribution is 2.31. The lowest BCUT2D eigenvalue weighted by atomic mass is 10.1. The molecule has 1 aromatic rings. The van der Waals surface area contributed by atoms with E-state index < -0.39 is 24.1 Å². The molecule has 0 fully saturated rings. The molecule has 1 heterocycles. The fourth-order valence-electron chi connectivity index (χ4n) is 1.82. The summed E-state index contributed by atoms with van der Waals surface area (Å²) in [6.07, 6.45) is -1.60. The van der Waals surface area contributed by atoms with E-state index in [-0.39, 0.29) is 6.61 Å². The molecule has 2 N–H and O–H groups in total. The number of aliphatic hydroxyl groups excluding tert-OH is 1. The molecule has 1 aliphatic heterocycles. The van der Waals surface area contributed by atoms with E-state index in [1.54, 1.807) is 25.1 Å². The Morgan fingerprint density at radius 1 is 1.58 bits per heavy atom. The zero-order valence-electron chi connectivity index (χ0n) is 10.7. The van der Waals surface area contributed by atoms with Crippen LogP contribution in [-0.2, 0) is 14.3 Å². The normalized spacial score (nSPS) is 18.9. The second-order valence-corrected chi connectivity index (χ2v) is 4.24. The maximum Gasteiger partial charge on any atom is 0.337 e. The van der Waals surface area contributed by atoms with Crippen LogP contribution in [-0.4, -0.2) is 35.8 Å². The zero-order chi connectivity index (χ0) is 14.0. The lowest BCUT2D eigenvalue weighted by Gasteiger charge is -2.27. The Hall–Kier alpha value is -2.08. The summed E-state index contributed by atoms with van der Waals surface area (Å²) in [5.74, 6) is -1.19. The molecule has 0 aliphatic carbocycles. The highest BCUT2D eigenvalue weighted by molar-refractivity contribution is 5.92. The van der Waals surface area contributed by atoms with Crippen LogP contribution < -0.4 is 10.1 Å². The number of nitrogens with one attached hydrogen (secondary N) is 1. The predicted octanol–water partition coefficient (Wildman–Crippen LogP) is 0.619. The van der Waals surface area contributed by atoms with Gasteiger partial charge in [0.05, 0.1) is 12.3 Å². The number of hydrogen-bond acceptors (Lipinski definition) is 6. The third-order valence-electron chi connectivity index (χ3n) is 2.75. The van der Waals surface area contributed by atoms with Crippen molar-refractivity contribution >= 4 is 17.6 Å². The quantitative estimate of drug-likeness (QED) is 0.615. The Balaban J connectivity index is 2.21. The summed E-state index contributed by atoms with van der Waals surface area (Å²) in [7, 11) is 0. The fourth-order valence-corrected chi connectivity index (χ4v) is 1.82. The van der Waals surface area contributed by atoms with Crippen molar-refractivity contribution in [3.05, 3.63) is 23.8 Å². The largest absolute Gasteiger partial charge is 0.464 e. The maximum atomic E-state index is 11.7. The molecule has 6 heteroatoms. The number of ether oxygens (including phenoxy) is 2. The Morgan fingerprint density at radius 2 is 2.32 bits per heavy atom. The minimum absolute atomic E-state index is 0.132. The van der Waals surface area contributed by atoms with Gasteiger partial charge in [-0.25, -0.2) is 9.59 Å². The first-order valence-corrected chi connectivity index (χ1v) is 5.96. The lowest BCUT2D eigenvalue weighted by Crippen LogP contribution is -2.49. The first kappa shape index (κ1) is 13.4. The molecule has 0 spiro atoms. The van der Waals surface area contributed by atoms with Crippen LogP contribution in [0.1, 0.15) is 12.5 Å². The number of carbonyl (C=O) groups excluding carboxylic acids is 2. The molecule has 6 nitrogen and oxygen atoms in total. The van der Waals surface area contributed by atoms with Gasteiger partial charge in [-0.15, -0.1) is 0 Å². The van der Waals surface area contributed by atoms with Gasteiger partial charge < -0.3 is 19.9 Å². The summed E-state index contributed by atoms with van der Waals surface area (Å²) >= 11 is 0. The standard InChI is InChI=1S/C13H15NO5/c1-3-18-13(17)11(15)10-12(16)19-9-5-4-7(2)6-8(9)14-10/h4-6,10-11,14-15H,3H2,1-2H3/t10-,11+/m0/s1. The van der Waals surface area contributed by atoms with Crippen LogP contribution in [0.15, 0.2) is 18.2 Å². The summed E-state index contributed by atoms with van der Waals surface area (Å²) in [4.78, 5) is 23.2. The first-order chi connectivity index (χ1) is 9.02. The number of esters is 2. The van der Waals surface area contributed by atoms with Gasteiger partial charge in [0.25, 0.3) is 0 Å². The fraction of sp³-hybridized carbons (Fsp3) is 0.385. The van der Waals surface area contributed by atoms with E-state index in [2.05, 4.69) is 10.1 Å². The molecule has 0 bridgehead atoms. The highest BCUT2D eigenvalue weighted by atomic mass is 16.6. The van der Waals surface area contributed by atoms with Crippen molar-refractivity contribution in [1.82, 2.24) is 0 Å². The molecular weight excluding hydrogens is 250 g/mol.